The van der Waals surface area contributed by atoms with Crippen molar-refractivity contribution in [3.05, 3.63) is 53.6 Å². The summed E-state index contributed by atoms with van der Waals surface area (Å²) in [5.41, 5.74) is 1.70. The number of hydrogen-bond acceptors (Lipinski definition) is 5. The first-order chi connectivity index (χ1) is 15.6. The van der Waals surface area contributed by atoms with Crippen LogP contribution in [0, 0.1) is 0 Å². The van der Waals surface area contributed by atoms with E-state index in [0.717, 1.165) is 37.2 Å². The van der Waals surface area contributed by atoms with Crippen LogP contribution in [0.3, 0.4) is 0 Å². The predicted molar refractivity (Wildman–Crippen MR) is 129 cm³/mol. The van der Waals surface area contributed by atoms with Crippen molar-refractivity contribution in [2.75, 3.05) is 20.2 Å². The summed E-state index contributed by atoms with van der Waals surface area (Å²) in [6.07, 6.45) is 4.53. The van der Waals surface area contributed by atoms with Gasteiger partial charge in [-0.3, -0.25) is 9.36 Å². The van der Waals surface area contributed by atoms with E-state index in [2.05, 4.69) is 10.2 Å². The molecular weight excluding hydrogens is 444 g/mol. The minimum atomic E-state index is -0.270. The highest BCUT2D eigenvalue weighted by Gasteiger charge is 2.26. The Morgan fingerprint density at radius 3 is 2.41 bits per heavy atom. The van der Waals surface area contributed by atoms with Crippen LogP contribution in [0.25, 0.3) is 17.1 Å². The van der Waals surface area contributed by atoms with Gasteiger partial charge in [0.2, 0.25) is 5.91 Å². The van der Waals surface area contributed by atoms with E-state index < -0.39 is 0 Å². The van der Waals surface area contributed by atoms with E-state index in [1.807, 2.05) is 64.9 Å². The molecule has 1 amide bonds. The van der Waals surface area contributed by atoms with Gasteiger partial charge in [-0.2, -0.15) is 0 Å². The number of rotatable bonds is 6. The fourth-order valence-electron chi connectivity index (χ4n) is 3.93. The van der Waals surface area contributed by atoms with Gasteiger partial charge < -0.3 is 9.64 Å². The van der Waals surface area contributed by atoms with Crippen molar-refractivity contribution >= 4 is 29.3 Å². The molecule has 3 aromatic rings. The molecule has 1 fully saturated rings. The lowest BCUT2D eigenvalue weighted by Gasteiger charge is -2.23. The van der Waals surface area contributed by atoms with E-state index in [0.29, 0.717) is 21.8 Å². The lowest BCUT2D eigenvalue weighted by atomic mass is 10.2. The maximum absolute atomic E-state index is 13.1. The predicted octanol–water partition coefficient (Wildman–Crippen LogP) is 5.48. The summed E-state index contributed by atoms with van der Waals surface area (Å²) in [5.74, 6) is 1.52. The summed E-state index contributed by atoms with van der Waals surface area (Å²) in [7, 11) is 1.64. The van der Waals surface area contributed by atoms with Crippen molar-refractivity contribution < 1.29 is 9.53 Å². The van der Waals surface area contributed by atoms with Gasteiger partial charge in [0.15, 0.2) is 11.0 Å². The number of carbonyl (C=O) groups is 1. The van der Waals surface area contributed by atoms with Crippen LogP contribution in [0.2, 0.25) is 5.02 Å². The maximum atomic E-state index is 13.1. The number of thioether (sulfide) groups is 1. The fraction of sp³-hybridized carbons (Fsp3) is 0.375. The van der Waals surface area contributed by atoms with Gasteiger partial charge in [0.1, 0.15) is 5.75 Å². The van der Waals surface area contributed by atoms with Gasteiger partial charge in [-0.15, -0.1) is 10.2 Å². The highest BCUT2D eigenvalue weighted by Crippen LogP contribution is 2.35. The number of nitrogens with zero attached hydrogens (tertiary/aromatic N) is 4. The Hall–Kier alpha value is -2.51. The molecule has 0 aliphatic carbocycles. The van der Waals surface area contributed by atoms with Gasteiger partial charge in [-0.25, -0.2) is 0 Å². The summed E-state index contributed by atoms with van der Waals surface area (Å²) in [6, 6.07) is 15.2. The van der Waals surface area contributed by atoms with Crippen molar-refractivity contribution in [3.8, 4) is 22.8 Å². The van der Waals surface area contributed by atoms with Crippen molar-refractivity contribution in [2.24, 2.45) is 0 Å². The Kier molecular flexibility index (Phi) is 7.37. The number of likely N-dealkylation sites (tertiary alicyclic amines) is 1. The summed E-state index contributed by atoms with van der Waals surface area (Å²) in [5, 5.41) is 10.00. The monoisotopic (exact) mass is 470 g/mol. The van der Waals surface area contributed by atoms with Gasteiger partial charge in [-0.1, -0.05) is 48.3 Å². The fourth-order valence-corrected chi connectivity index (χ4v) is 5.01. The highest BCUT2D eigenvalue weighted by molar-refractivity contribution is 8.00. The van der Waals surface area contributed by atoms with E-state index >= 15 is 0 Å². The summed E-state index contributed by atoms with van der Waals surface area (Å²) < 4.78 is 7.52. The largest absolute Gasteiger partial charge is 0.496 e. The molecule has 0 bridgehead atoms. The van der Waals surface area contributed by atoms with Crippen molar-refractivity contribution in [3.63, 3.8) is 0 Å². The minimum absolute atomic E-state index is 0.154. The Morgan fingerprint density at radius 2 is 1.72 bits per heavy atom. The first kappa shape index (κ1) is 22.7. The molecule has 4 rings (SSSR count). The molecular formula is C24H27ClN4O2S. The smallest absolute Gasteiger partial charge is 0.235 e. The molecule has 6 nitrogen and oxygen atoms in total. The number of benzene rings is 2. The first-order valence-corrected chi connectivity index (χ1v) is 12.1. The molecule has 0 N–H and O–H groups in total. The third kappa shape index (κ3) is 4.94. The molecule has 2 aromatic carbocycles. The molecule has 1 aliphatic rings. The first-order valence-electron chi connectivity index (χ1n) is 10.9. The Bertz CT molecular complexity index is 1060. The molecule has 0 spiro atoms. The molecule has 1 atom stereocenters. The second kappa shape index (κ2) is 10.4. The third-order valence-corrected chi connectivity index (χ3v) is 6.90. The molecule has 168 valence electrons. The molecule has 0 radical (unpaired) electrons. The van der Waals surface area contributed by atoms with Crippen molar-refractivity contribution in [1.29, 1.82) is 0 Å². The quantitative estimate of drug-likeness (QED) is 0.446. The van der Waals surface area contributed by atoms with Gasteiger partial charge >= 0.3 is 0 Å². The molecule has 1 unspecified atom stereocenters. The van der Waals surface area contributed by atoms with Gasteiger partial charge in [0.05, 0.1) is 17.9 Å². The molecule has 1 saturated heterocycles. The van der Waals surface area contributed by atoms with Crippen LogP contribution in [0.5, 0.6) is 5.75 Å². The zero-order chi connectivity index (χ0) is 22.5. The standard InChI is InChI=1S/C24H27ClN4O2S/c1-17(23(30)28-15-7-3-4-8-16-28)32-24-27-26-22(20-9-5-6-10-21(20)31-2)29(24)19-13-11-18(25)12-14-19/h5-6,9-14,17H,3-4,7-8,15-16H2,1-2H3. The average molecular weight is 471 g/mol. The van der Waals surface area contributed by atoms with E-state index in [-0.39, 0.29) is 11.2 Å². The maximum Gasteiger partial charge on any atom is 0.235 e. The molecule has 2 heterocycles. The third-order valence-electron chi connectivity index (χ3n) is 5.61. The Labute approximate surface area is 197 Å². The second-order valence-electron chi connectivity index (χ2n) is 7.82. The number of halogens is 1. The number of methoxy groups -OCH3 is 1. The van der Waals surface area contributed by atoms with Crippen LogP contribution in [0.4, 0.5) is 0 Å². The van der Waals surface area contributed by atoms with Crippen LogP contribution in [0.1, 0.15) is 32.6 Å². The van der Waals surface area contributed by atoms with Crippen molar-refractivity contribution in [2.45, 2.75) is 43.0 Å². The van der Waals surface area contributed by atoms with E-state index in [1.54, 1.807) is 7.11 Å². The van der Waals surface area contributed by atoms with Crippen LogP contribution in [-0.2, 0) is 4.79 Å². The highest BCUT2D eigenvalue weighted by atomic mass is 35.5. The van der Waals surface area contributed by atoms with Crippen LogP contribution in [0.15, 0.2) is 53.7 Å². The van der Waals surface area contributed by atoms with Crippen LogP contribution < -0.4 is 4.74 Å². The zero-order valence-electron chi connectivity index (χ0n) is 18.3. The average Bonchev–Trinajstić information content (AvgIpc) is 3.03. The number of aromatic nitrogens is 3. The molecule has 0 saturated carbocycles. The SMILES string of the molecule is COc1ccccc1-c1nnc(SC(C)C(=O)N2CCCCCC2)n1-c1ccc(Cl)cc1. The van der Waals surface area contributed by atoms with E-state index in [1.165, 1.54) is 24.6 Å². The van der Waals surface area contributed by atoms with Crippen LogP contribution in [-0.4, -0.2) is 51.0 Å². The second-order valence-corrected chi connectivity index (χ2v) is 9.56. The number of hydrogen-bond donors (Lipinski definition) is 0. The van der Waals surface area contributed by atoms with E-state index in [9.17, 15) is 4.79 Å². The van der Waals surface area contributed by atoms with Crippen LogP contribution >= 0.6 is 23.4 Å². The van der Waals surface area contributed by atoms with Gasteiger partial charge in [-0.05, 0) is 56.2 Å². The summed E-state index contributed by atoms with van der Waals surface area (Å²) >= 11 is 7.56. The van der Waals surface area contributed by atoms with E-state index in [4.69, 9.17) is 16.3 Å². The Balaban J connectivity index is 1.69. The van der Waals surface area contributed by atoms with Crippen molar-refractivity contribution in [1.82, 2.24) is 19.7 Å². The Morgan fingerprint density at radius 1 is 1.03 bits per heavy atom. The normalized spacial score (nSPS) is 15.3. The topological polar surface area (TPSA) is 60.3 Å². The molecule has 1 aromatic heterocycles. The lowest BCUT2D eigenvalue weighted by Crippen LogP contribution is -2.37. The zero-order valence-corrected chi connectivity index (χ0v) is 19.9. The number of ether oxygens (including phenoxy) is 1. The molecule has 32 heavy (non-hydrogen) atoms. The van der Waals surface area contributed by atoms with Gasteiger partial charge in [0, 0.05) is 23.8 Å². The van der Waals surface area contributed by atoms with Gasteiger partial charge in [0.25, 0.3) is 0 Å². The summed E-state index contributed by atoms with van der Waals surface area (Å²) in [6.45, 7) is 3.61. The number of amides is 1. The minimum Gasteiger partial charge on any atom is -0.496 e. The number of carbonyl (C=O) groups excluding carboxylic acids is 1. The number of para-hydroxylation sites is 1. The lowest BCUT2D eigenvalue weighted by molar-refractivity contribution is -0.130. The summed E-state index contributed by atoms with van der Waals surface area (Å²) in [4.78, 5) is 15.1. The molecule has 8 heteroatoms. The molecule has 1 aliphatic heterocycles.